The molecule has 1 fully saturated rings. The van der Waals surface area contributed by atoms with Crippen molar-refractivity contribution >= 4 is 34.1 Å². The van der Waals surface area contributed by atoms with E-state index in [1.807, 2.05) is 25.1 Å². The number of pyridine rings is 1. The summed E-state index contributed by atoms with van der Waals surface area (Å²) in [6, 6.07) is 18.7. The molecule has 1 aliphatic rings. The van der Waals surface area contributed by atoms with E-state index in [4.69, 9.17) is 34.6 Å². The molecule has 1 aliphatic heterocycles. The number of piperazine rings is 1. The second kappa shape index (κ2) is 13.4. The van der Waals surface area contributed by atoms with Crippen molar-refractivity contribution in [2.24, 2.45) is 0 Å². The Hall–Kier alpha value is -3.95. The first kappa shape index (κ1) is 27.6. The number of benzene rings is 2. The van der Waals surface area contributed by atoms with E-state index in [1.54, 1.807) is 0 Å². The minimum atomic E-state index is -1.82. The Bertz CT molecular complexity index is 1240. The molecule has 3 aromatic rings. The maximum absolute atomic E-state index is 9.10. The van der Waals surface area contributed by atoms with Gasteiger partial charge in [0.1, 0.15) is 18.2 Å². The molecule has 2 heterocycles. The molecule has 0 spiro atoms. The second-order valence-corrected chi connectivity index (χ2v) is 8.39. The number of nitrogens with zero attached hydrogens (tertiary/aromatic N) is 3. The summed E-state index contributed by atoms with van der Waals surface area (Å²) >= 11 is 0. The number of anilines is 1. The van der Waals surface area contributed by atoms with E-state index in [9.17, 15) is 0 Å². The molecule has 37 heavy (non-hydrogen) atoms. The van der Waals surface area contributed by atoms with Gasteiger partial charge in [0.25, 0.3) is 0 Å². The van der Waals surface area contributed by atoms with E-state index in [0.29, 0.717) is 0 Å². The maximum atomic E-state index is 9.10. The van der Waals surface area contributed by atoms with Gasteiger partial charge in [0, 0.05) is 37.1 Å². The molecule has 0 amide bonds. The summed E-state index contributed by atoms with van der Waals surface area (Å²) in [4.78, 5) is 28.3. The lowest BCUT2D eigenvalue weighted by Gasteiger charge is -2.35. The molecule has 9 nitrogen and oxygen atoms in total. The van der Waals surface area contributed by atoms with Crippen LogP contribution < -0.4 is 9.64 Å². The first-order valence-electron chi connectivity index (χ1n) is 12.2. The van der Waals surface area contributed by atoms with Crippen LogP contribution in [0.1, 0.15) is 25.1 Å². The Labute approximate surface area is 216 Å². The van der Waals surface area contributed by atoms with Gasteiger partial charge in [-0.05, 0) is 42.6 Å². The number of likely N-dealkylation sites (N-methyl/N-ethyl adjacent to an activating group) is 1. The van der Waals surface area contributed by atoms with Crippen LogP contribution in [0.2, 0.25) is 0 Å². The number of aliphatic carboxylic acids is 2. The van der Waals surface area contributed by atoms with Crippen molar-refractivity contribution in [2.45, 2.75) is 13.8 Å². The van der Waals surface area contributed by atoms with E-state index in [1.165, 1.54) is 10.8 Å². The fraction of sp³-hybridized carbons (Fsp3) is 0.321. The third kappa shape index (κ3) is 7.28. The van der Waals surface area contributed by atoms with Gasteiger partial charge in [-0.3, -0.25) is 0 Å². The number of carbonyl (C=O) groups is 2. The van der Waals surface area contributed by atoms with Gasteiger partial charge in [-0.25, -0.2) is 14.6 Å². The van der Waals surface area contributed by atoms with Crippen LogP contribution >= 0.6 is 0 Å². The van der Waals surface area contributed by atoms with Crippen molar-refractivity contribution < 1.29 is 29.6 Å². The van der Waals surface area contributed by atoms with Gasteiger partial charge in [0.15, 0.2) is 0 Å². The SMILES string of the molecule is CC=C(c1cccc(OCCO)c1)c1cc2ccccc2c(N2CCN(CC)CC2)n1.O=C(O)C(=O)O. The number of aliphatic hydroxyl groups is 1. The second-order valence-electron chi connectivity index (χ2n) is 8.39. The first-order valence-corrected chi connectivity index (χ1v) is 12.2. The Balaban J connectivity index is 0.000000568. The van der Waals surface area contributed by atoms with Gasteiger partial charge < -0.3 is 29.9 Å². The van der Waals surface area contributed by atoms with Gasteiger partial charge >= 0.3 is 11.9 Å². The fourth-order valence-electron chi connectivity index (χ4n) is 4.21. The van der Waals surface area contributed by atoms with E-state index in [0.717, 1.165) is 61.1 Å². The molecule has 9 heteroatoms. The standard InChI is InChI=1S/C26H31N3O2.C2H2O4/c1-3-23(20-9-7-10-22(18-20)31-17-16-30)25-19-21-8-5-6-11-24(21)26(27-25)29-14-12-28(4-2)13-15-29;3-1(4)2(5)6/h3,5-11,18-19,30H,4,12-17H2,1-2H3;(H,3,4)(H,5,6). The van der Waals surface area contributed by atoms with Crippen LogP contribution in [0.5, 0.6) is 5.75 Å². The van der Waals surface area contributed by atoms with Crippen LogP contribution in [0, 0.1) is 0 Å². The monoisotopic (exact) mass is 507 g/mol. The van der Waals surface area contributed by atoms with Crippen LogP contribution in [-0.4, -0.2) is 83.1 Å². The van der Waals surface area contributed by atoms with Crippen molar-refractivity contribution in [3.05, 3.63) is 71.9 Å². The van der Waals surface area contributed by atoms with Crippen LogP contribution in [0.25, 0.3) is 16.3 Å². The van der Waals surface area contributed by atoms with E-state index >= 15 is 0 Å². The Morgan fingerprint density at radius 1 is 1.00 bits per heavy atom. The summed E-state index contributed by atoms with van der Waals surface area (Å²) in [5.41, 5.74) is 3.10. The lowest BCUT2D eigenvalue weighted by atomic mass is 9.99. The molecule has 196 valence electrons. The average Bonchev–Trinajstić information content (AvgIpc) is 2.92. The molecule has 0 radical (unpaired) electrons. The van der Waals surface area contributed by atoms with Gasteiger partial charge in [-0.15, -0.1) is 0 Å². The summed E-state index contributed by atoms with van der Waals surface area (Å²) in [7, 11) is 0. The van der Waals surface area contributed by atoms with Gasteiger partial charge in [-0.2, -0.15) is 0 Å². The molecule has 0 bridgehead atoms. The van der Waals surface area contributed by atoms with Crippen LogP contribution in [0.4, 0.5) is 5.82 Å². The van der Waals surface area contributed by atoms with Crippen LogP contribution in [0.3, 0.4) is 0 Å². The normalized spacial score (nSPS) is 14.1. The molecule has 4 rings (SSSR count). The maximum Gasteiger partial charge on any atom is 0.414 e. The largest absolute Gasteiger partial charge is 0.491 e. The summed E-state index contributed by atoms with van der Waals surface area (Å²) in [5.74, 6) is -1.83. The fourth-order valence-corrected chi connectivity index (χ4v) is 4.21. The lowest BCUT2D eigenvalue weighted by molar-refractivity contribution is -0.159. The van der Waals surface area contributed by atoms with Crippen molar-refractivity contribution in [1.29, 1.82) is 0 Å². The number of aromatic nitrogens is 1. The van der Waals surface area contributed by atoms with Gasteiger partial charge in [-0.1, -0.05) is 49.4 Å². The molecule has 3 N–H and O–H groups in total. The number of carboxylic acid groups (broad SMARTS) is 2. The number of fused-ring (bicyclic) bond motifs is 1. The molecule has 1 saturated heterocycles. The van der Waals surface area contributed by atoms with Crippen molar-refractivity contribution in [1.82, 2.24) is 9.88 Å². The molecule has 0 atom stereocenters. The summed E-state index contributed by atoms with van der Waals surface area (Å²) in [6.07, 6.45) is 2.11. The highest BCUT2D eigenvalue weighted by Gasteiger charge is 2.20. The topological polar surface area (TPSA) is 123 Å². The molecular formula is C28H33N3O6. The zero-order chi connectivity index (χ0) is 26.8. The first-order chi connectivity index (χ1) is 17.9. The third-order valence-corrected chi connectivity index (χ3v) is 6.09. The van der Waals surface area contributed by atoms with Gasteiger partial charge in [0.2, 0.25) is 0 Å². The van der Waals surface area contributed by atoms with Gasteiger partial charge in [0.05, 0.1) is 12.3 Å². The number of rotatable bonds is 7. The molecule has 0 unspecified atom stereocenters. The number of aliphatic hydroxyl groups excluding tert-OH is 1. The van der Waals surface area contributed by atoms with Crippen molar-refractivity contribution in [3.63, 3.8) is 0 Å². The Morgan fingerprint density at radius 2 is 1.70 bits per heavy atom. The van der Waals surface area contributed by atoms with Crippen LogP contribution in [0.15, 0.2) is 60.7 Å². The summed E-state index contributed by atoms with van der Waals surface area (Å²) in [5, 5.41) is 26.2. The smallest absolute Gasteiger partial charge is 0.414 e. The Morgan fingerprint density at radius 3 is 2.32 bits per heavy atom. The summed E-state index contributed by atoms with van der Waals surface area (Å²) < 4.78 is 5.63. The average molecular weight is 508 g/mol. The highest BCUT2D eigenvalue weighted by molar-refractivity contribution is 6.27. The molecule has 1 aromatic heterocycles. The highest BCUT2D eigenvalue weighted by atomic mass is 16.5. The predicted molar refractivity (Wildman–Crippen MR) is 143 cm³/mol. The van der Waals surface area contributed by atoms with Crippen molar-refractivity contribution in [2.75, 3.05) is 50.8 Å². The van der Waals surface area contributed by atoms with E-state index in [2.05, 4.69) is 59.2 Å². The highest BCUT2D eigenvalue weighted by Crippen LogP contribution is 2.32. The predicted octanol–water partition coefficient (Wildman–Crippen LogP) is 3.36. The zero-order valence-corrected chi connectivity index (χ0v) is 21.1. The molecule has 0 aliphatic carbocycles. The number of allylic oxidation sites excluding steroid dienone is 1. The van der Waals surface area contributed by atoms with E-state index in [-0.39, 0.29) is 13.2 Å². The minimum absolute atomic E-state index is 0.00157. The zero-order valence-electron chi connectivity index (χ0n) is 21.1. The quantitative estimate of drug-likeness (QED) is 0.413. The minimum Gasteiger partial charge on any atom is -0.491 e. The molecule has 2 aromatic carbocycles. The molecule has 0 saturated carbocycles. The third-order valence-electron chi connectivity index (χ3n) is 6.09. The van der Waals surface area contributed by atoms with Crippen LogP contribution in [-0.2, 0) is 9.59 Å². The number of carboxylic acids is 2. The number of ether oxygens (including phenoxy) is 1. The molecular weight excluding hydrogens is 474 g/mol. The Kier molecular flexibility index (Phi) is 10.00. The lowest BCUT2D eigenvalue weighted by Crippen LogP contribution is -2.46. The van der Waals surface area contributed by atoms with Crippen molar-refractivity contribution in [3.8, 4) is 5.75 Å². The number of hydrogen-bond donors (Lipinski definition) is 3. The summed E-state index contributed by atoms with van der Waals surface area (Å²) in [6.45, 7) is 9.77. The van der Waals surface area contributed by atoms with E-state index < -0.39 is 11.9 Å². The number of hydrogen-bond acceptors (Lipinski definition) is 7.